The van der Waals surface area contributed by atoms with Crippen molar-refractivity contribution in [3.63, 3.8) is 0 Å². The fourth-order valence-corrected chi connectivity index (χ4v) is 1.22. The number of nitrogens with zero attached hydrogens (tertiary/aromatic N) is 1. The molecule has 0 amide bonds. The number of pyridine rings is 1. The van der Waals surface area contributed by atoms with Crippen molar-refractivity contribution in [1.29, 1.82) is 0 Å². The van der Waals surface area contributed by atoms with E-state index in [4.69, 9.17) is 20.0 Å². The lowest BCUT2D eigenvalue weighted by atomic mass is 10.3. The summed E-state index contributed by atoms with van der Waals surface area (Å²) in [6.07, 6.45) is 1.52. The Morgan fingerprint density at radius 2 is 2.29 bits per heavy atom. The summed E-state index contributed by atoms with van der Waals surface area (Å²) in [5.74, 6) is -0.443. The molecule has 0 bridgehead atoms. The van der Waals surface area contributed by atoms with Gasteiger partial charge in [-0.25, -0.2) is 9.78 Å². The fourth-order valence-electron chi connectivity index (χ4n) is 1.22. The van der Waals surface area contributed by atoms with Gasteiger partial charge < -0.3 is 20.0 Å². The Kier molecular flexibility index (Phi) is 2.95. The lowest BCUT2D eigenvalue weighted by Gasteiger charge is -2.06. The van der Waals surface area contributed by atoms with Gasteiger partial charge in [0.1, 0.15) is 12.4 Å². The van der Waals surface area contributed by atoms with Crippen molar-refractivity contribution in [2.45, 2.75) is 6.61 Å². The van der Waals surface area contributed by atoms with Gasteiger partial charge in [-0.3, -0.25) is 0 Å². The number of ether oxygens (including phenoxy) is 1. The number of aromatic carboxylic acids is 1. The van der Waals surface area contributed by atoms with E-state index in [9.17, 15) is 4.79 Å². The summed E-state index contributed by atoms with van der Waals surface area (Å²) in [6, 6.07) is 6.21. The van der Waals surface area contributed by atoms with Crippen LogP contribution in [0.2, 0.25) is 0 Å². The molecule has 0 aromatic carbocycles. The summed E-state index contributed by atoms with van der Waals surface area (Å²) in [7, 11) is 0. The van der Waals surface area contributed by atoms with Crippen LogP contribution in [0, 0.1) is 0 Å². The molecule has 0 saturated carbocycles. The van der Waals surface area contributed by atoms with E-state index >= 15 is 0 Å². The van der Waals surface area contributed by atoms with Crippen molar-refractivity contribution in [3.05, 3.63) is 42.0 Å². The smallest absolute Gasteiger partial charge is 0.354 e. The second-order valence-electron chi connectivity index (χ2n) is 3.26. The van der Waals surface area contributed by atoms with Crippen LogP contribution in [-0.2, 0) is 6.61 Å². The molecule has 0 radical (unpaired) electrons. The first-order chi connectivity index (χ1) is 8.16. The molecule has 88 valence electrons. The molecule has 2 heterocycles. The Labute approximate surface area is 96.6 Å². The lowest BCUT2D eigenvalue weighted by Crippen LogP contribution is -2.05. The van der Waals surface area contributed by atoms with E-state index in [1.54, 1.807) is 12.1 Å². The van der Waals surface area contributed by atoms with Crippen LogP contribution in [0.25, 0.3) is 0 Å². The maximum atomic E-state index is 10.7. The number of carbonyl (C=O) groups is 1. The van der Waals surface area contributed by atoms with Crippen LogP contribution in [0.5, 0.6) is 5.88 Å². The first kappa shape index (κ1) is 11.0. The van der Waals surface area contributed by atoms with Crippen LogP contribution in [0.4, 0.5) is 5.69 Å². The molecule has 17 heavy (non-hydrogen) atoms. The van der Waals surface area contributed by atoms with Crippen LogP contribution in [-0.4, -0.2) is 16.1 Å². The van der Waals surface area contributed by atoms with Gasteiger partial charge in [0.15, 0.2) is 5.69 Å². The molecule has 0 spiro atoms. The molecule has 2 aromatic rings. The first-order valence-electron chi connectivity index (χ1n) is 4.82. The normalized spacial score (nSPS) is 10.1. The monoisotopic (exact) mass is 234 g/mol. The van der Waals surface area contributed by atoms with E-state index in [0.717, 1.165) is 0 Å². The summed E-state index contributed by atoms with van der Waals surface area (Å²) in [4.78, 5) is 14.5. The van der Waals surface area contributed by atoms with E-state index in [1.807, 2.05) is 0 Å². The number of rotatable bonds is 4. The van der Waals surface area contributed by atoms with Crippen molar-refractivity contribution < 1.29 is 19.1 Å². The zero-order valence-electron chi connectivity index (χ0n) is 8.79. The molecule has 0 aliphatic heterocycles. The predicted octanol–water partition coefficient (Wildman–Crippen LogP) is 1.53. The molecular weight excluding hydrogens is 224 g/mol. The zero-order valence-corrected chi connectivity index (χ0v) is 8.79. The summed E-state index contributed by atoms with van der Waals surface area (Å²) >= 11 is 0. The van der Waals surface area contributed by atoms with Gasteiger partial charge in [0, 0.05) is 0 Å². The fraction of sp³-hybridized carbons (Fsp3) is 0.0909. The molecule has 6 nitrogen and oxygen atoms in total. The van der Waals surface area contributed by atoms with Gasteiger partial charge in [-0.15, -0.1) is 0 Å². The average molecular weight is 234 g/mol. The van der Waals surface area contributed by atoms with E-state index in [0.29, 0.717) is 5.76 Å². The summed E-state index contributed by atoms with van der Waals surface area (Å²) in [6.45, 7) is 0.146. The van der Waals surface area contributed by atoms with Crippen molar-refractivity contribution in [3.8, 4) is 5.88 Å². The topological polar surface area (TPSA) is 98.6 Å². The molecule has 2 rings (SSSR count). The van der Waals surface area contributed by atoms with E-state index in [2.05, 4.69) is 4.98 Å². The number of carboxylic acids is 1. The lowest BCUT2D eigenvalue weighted by molar-refractivity contribution is 0.0689. The van der Waals surface area contributed by atoms with Crippen LogP contribution in [0.1, 0.15) is 16.2 Å². The summed E-state index contributed by atoms with van der Waals surface area (Å²) < 4.78 is 10.3. The minimum atomic E-state index is -1.13. The molecule has 0 unspecified atom stereocenters. The molecule has 3 N–H and O–H groups in total. The molecule has 0 aliphatic carbocycles. The van der Waals surface area contributed by atoms with Gasteiger partial charge in [-0.05, 0) is 24.3 Å². The SMILES string of the molecule is Nc1ccc(C(=O)O)nc1OCc1ccco1. The highest BCUT2D eigenvalue weighted by atomic mass is 16.5. The molecular formula is C11H10N2O4. The highest BCUT2D eigenvalue weighted by Gasteiger charge is 2.10. The third-order valence-corrected chi connectivity index (χ3v) is 2.04. The number of nitrogens with two attached hydrogens (primary N) is 1. The van der Waals surface area contributed by atoms with Gasteiger partial charge >= 0.3 is 5.97 Å². The average Bonchev–Trinajstić information content (AvgIpc) is 2.80. The molecule has 2 aromatic heterocycles. The number of aromatic nitrogens is 1. The third kappa shape index (κ3) is 2.54. The van der Waals surface area contributed by atoms with Crippen LogP contribution in [0.15, 0.2) is 34.9 Å². The Bertz CT molecular complexity index is 522. The van der Waals surface area contributed by atoms with Crippen molar-refractivity contribution in [2.75, 3.05) is 5.73 Å². The minimum Gasteiger partial charge on any atom is -0.477 e. The van der Waals surface area contributed by atoms with Gasteiger partial charge in [0.25, 0.3) is 0 Å². The van der Waals surface area contributed by atoms with Crippen LogP contribution >= 0.6 is 0 Å². The van der Waals surface area contributed by atoms with E-state index in [-0.39, 0.29) is 23.9 Å². The van der Waals surface area contributed by atoms with Gasteiger partial charge in [0.2, 0.25) is 5.88 Å². The number of hydrogen-bond acceptors (Lipinski definition) is 5. The van der Waals surface area contributed by atoms with Crippen molar-refractivity contribution in [1.82, 2.24) is 4.98 Å². The molecule has 6 heteroatoms. The number of furan rings is 1. The maximum Gasteiger partial charge on any atom is 0.354 e. The van der Waals surface area contributed by atoms with E-state index in [1.165, 1.54) is 18.4 Å². The minimum absolute atomic E-state index is 0.0845. The summed E-state index contributed by atoms with van der Waals surface area (Å²) in [5.41, 5.74) is 5.78. The number of carboxylic acid groups (broad SMARTS) is 1. The zero-order chi connectivity index (χ0) is 12.3. The highest BCUT2D eigenvalue weighted by molar-refractivity contribution is 5.86. The Morgan fingerprint density at radius 1 is 1.47 bits per heavy atom. The van der Waals surface area contributed by atoms with Gasteiger partial charge in [-0.1, -0.05) is 0 Å². The number of hydrogen-bond donors (Lipinski definition) is 2. The van der Waals surface area contributed by atoms with Crippen molar-refractivity contribution >= 4 is 11.7 Å². The van der Waals surface area contributed by atoms with Gasteiger partial charge in [-0.2, -0.15) is 0 Å². The second-order valence-corrected chi connectivity index (χ2v) is 3.26. The first-order valence-corrected chi connectivity index (χ1v) is 4.82. The Balaban J connectivity index is 2.14. The second kappa shape index (κ2) is 4.56. The number of nitrogen functional groups attached to an aromatic ring is 1. The summed E-state index contributed by atoms with van der Waals surface area (Å²) in [5, 5.41) is 8.77. The van der Waals surface area contributed by atoms with E-state index < -0.39 is 5.97 Å². The molecule has 0 aliphatic rings. The quantitative estimate of drug-likeness (QED) is 0.832. The standard InChI is InChI=1S/C11H10N2O4/c12-8-3-4-9(11(14)15)13-10(8)17-6-7-2-1-5-16-7/h1-5H,6,12H2,(H,14,15). The van der Waals surface area contributed by atoms with Crippen LogP contribution in [0.3, 0.4) is 0 Å². The highest BCUT2D eigenvalue weighted by Crippen LogP contribution is 2.19. The largest absolute Gasteiger partial charge is 0.477 e. The Hall–Kier alpha value is -2.50. The molecule has 0 saturated heterocycles. The van der Waals surface area contributed by atoms with Gasteiger partial charge in [0.05, 0.1) is 12.0 Å². The van der Waals surface area contributed by atoms with Crippen LogP contribution < -0.4 is 10.5 Å². The number of anilines is 1. The molecule has 0 fully saturated rings. The van der Waals surface area contributed by atoms with Crippen molar-refractivity contribution in [2.24, 2.45) is 0 Å². The third-order valence-electron chi connectivity index (χ3n) is 2.04. The predicted molar refractivity (Wildman–Crippen MR) is 58.6 cm³/mol. The molecule has 0 atom stereocenters. The maximum absolute atomic E-state index is 10.7. The Morgan fingerprint density at radius 3 is 2.94 bits per heavy atom.